The fraction of sp³-hybridized carbons (Fsp3) is 0.364. The Kier molecular flexibility index (Phi) is 4.76. The first-order chi connectivity index (χ1) is 13.2. The monoisotopic (exact) mass is 443 g/mol. The number of fused-ring (bicyclic) bond motifs is 2. The Balaban J connectivity index is 1.53. The van der Waals surface area contributed by atoms with Crippen molar-refractivity contribution in [2.45, 2.75) is 38.9 Å². The molecular weight excluding hydrogens is 422 g/mol. The molecule has 0 aliphatic carbocycles. The van der Waals surface area contributed by atoms with Gasteiger partial charge in [0.05, 0.1) is 10.2 Å². The molecule has 0 saturated carbocycles. The number of hydrogen-bond donors (Lipinski definition) is 2. The van der Waals surface area contributed by atoms with E-state index in [-0.39, 0.29) is 0 Å². The van der Waals surface area contributed by atoms with Gasteiger partial charge >= 0.3 is 0 Å². The molecule has 1 fully saturated rings. The fourth-order valence-corrected chi connectivity index (χ4v) is 5.35. The maximum Gasteiger partial charge on any atom is 0.0612 e. The highest BCUT2D eigenvalue weighted by Gasteiger charge is 2.21. The molecule has 2 aromatic carbocycles. The first kappa shape index (κ1) is 17.7. The number of nitrogens with zero attached hydrogens (tertiary/aromatic N) is 1. The van der Waals surface area contributed by atoms with Crippen LogP contribution in [0.15, 0.2) is 34.8 Å². The maximum absolute atomic E-state index is 6.39. The lowest BCUT2D eigenvalue weighted by atomic mass is 10.0. The third kappa shape index (κ3) is 3.23. The smallest absolute Gasteiger partial charge is 0.0612 e. The largest absolute Gasteiger partial charge is 0.354 e. The van der Waals surface area contributed by atoms with Crippen molar-refractivity contribution in [2.24, 2.45) is 0 Å². The summed E-state index contributed by atoms with van der Waals surface area (Å²) in [5.41, 5.74) is 7.48. The minimum atomic E-state index is 0.847. The second-order valence-electron chi connectivity index (χ2n) is 7.69. The number of benzene rings is 2. The van der Waals surface area contributed by atoms with Gasteiger partial charge in [-0.1, -0.05) is 30.2 Å². The van der Waals surface area contributed by atoms with Crippen molar-refractivity contribution in [1.29, 1.82) is 0 Å². The number of likely N-dealkylation sites (tertiary alicyclic amines) is 1. The number of hydrogen-bond acceptors (Lipinski definition) is 2. The summed E-state index contributed by atoms with van der Waals surface area (Å²) in [5.74, 6) is 0. The van der Waals surface area contributed by atoms with Crippen LogP contribution >= 0.6 is 27.5 Å². The zero-order chi connectivity index (χ0) is 18.4. The topological polar surface area (TPSA) is 31.1 Å². The summed E-state index contributed by atoms with van der Waals surface area (Å²) < 4.78 is 1.15. The Bertz CT molecular complexity index is 1000. The number of piperidine rings is 1. The number of nitrogens with one attached hydrogen (secondary N) is 2. The summed E-state index contributed by atoms with van der Waals surface area (Å²) >= 11 is 10.3. The van der Waals surface area contributed by atoms with E-state index in [1.807, 2.05) is 6.07 Å². The molecule has 1 aromatic heterocycles. The van der Waals surface area contributed by atoms with Gasteiger partial charge in [-0.3, -0.25) is 4.90 Å². The van der Waals surface area contributed by atoms with Gasteiger partial charge in [-0.2, -0.15) is 0 Å². The molecule has 0 atom stereocenters. The van der Waals surface area contributed by atoms with Crippen LogP contribution < -0.4 is 5.32 Å². The SMILES string of the molecule is Clc1ccc(-c2[nH]c3ccc(CN4CCCCC4)cc3c2Br)c2c1CNC2. The summed E-state index contributed by atoms with van der Waals surface area (Å²) in [6.45, 7) is 5.21. The van der Waals surface area contributed by atoms with Crippen LogP contribution in [-0.4, -0.2) is 23.0 Å². The summed E-state index contributed by atoms with van der Waals surface area (Å²) in [6.07, 6.45) is 4.04. The van der Waals surface area contributed by atoms with Crippen molar-refractivity contribution in [3.63, 3.8) is 0 Å². The fourth-order valence-electron chi connectivity index (χ4n) is 4.47. The van der Waals surface area contributed by atoms with Crippen LogP contribution in [0.3, 0.4) is 0 Å². The van der Waals surface area contributed by atoms with E-state index >= 15 is 0 Å². The van der Waals surface area contributed by atoms with E-state index in [0.717, 1.165) is 34.8 Å². The summed E-state index contributed by atoms with van der Waals surface area (Å²) in [7, 11) is 0. The molecule has 3 nitrogen and oxygen atoms in total. The summed E-state index contributed by atoms with van der Waals surface area (Å²) in [4.78, 5) is 6.20. The molecule has 0 spiro atoms. The van der Waals surface area contributed by atoms with Crippen LogP contribution in [0, 0.1) is 0 Å². The van der Waals surface area contributed by atoms with Gasteiger partial charge in [0.2, 0.25) is 0 Å². The highest BCUT2D eigenvalue weighted by atomic mass is 79.9. The first-order valence-electron chi connectivity index (χ1n) is 9.74. The molecule has 0 unspecified atom stereocenters. The van der Waals surface area contributed by atoms with Crippen LogP contribution in [0.2, 0.25) is 5.02 Å². The van der Waals surface area contributed by atoms with E-state index in [2.05, 4.69) is 55.4 Å². The van der Waals surface area contributed by atoms with E-state index in [4.69, 9.17) is 11.6 Å². The lowest BCUT2D eigenvalue weighted by Gasteiger charge is -2.26. The number of rotatable bonds is 3. The van der Waals surface area contributed by atoms with Gasteiger partial charge in [0, 0.05) is 41.1 Å². The van der Waals surface area contributed by atoms with Crippen molar-refractivity contribution >= 4 is 38.4 Å². The molecule has 0 amide bonds. The molecule has 140 valence electrons. The maximum atomic E-state index is 6.39. The normalized spacial score (nSPS) is 17.6. The van der Waals surface area contributed by atoms with Crippen LogP contribution in [0.25, 0.3) is 22.2 Å². The van der Waals surface area contributed by atoms with Crippen molar-refractivity contribution in [1.82, 2.24) is 15.2 Å². The lowest BCUT2D eigenvalue weighted by molar-refractivity contribution is 0.221. The van der Waals surface area contributed by atoms with Crippen LogP contribution in [0.4, 0.5) is 0 Å². The molecule has 2 aliphatic rings. The molecule has 5 rings (SSSR count). The van der Waals surface area contributed by atoms with Crippen LogP contribution in [0.5, 0.6) is 0 Å². The van der Waals surface area contributed by atoms with Crippen LogP contribution in [0.1, 0.15) is 36.0 Å². The van der Waals surface area contributed by atoms with Crippen molar-refractivity contribution in [3.05, 3.63) is 56.5 Å². The van der Waals surface area contributed by atoms with Gasteiger partial charge in [0.1, 0.15) is 0 Å². The Morgan fingerprint density at radius 3 is 2.67 bits per heavy atom. The van der Waals surface area contributed by atoms with E-state index in [1.54, 1.807) is 0 Å². The molecule has 1 saturated heterocycles. The highest BCUT2D eigenvalue weighted by molar-refractivity contribution is 9.10. The molecule has 0 bridgehead atoms. The van der Waals surface area contributed by atoms with E-state index in [1.165, 1.54) is 65.5 Å². The molecule has 27 heavy (non-hydrogen) atoms. The summed E-state index contributed by atoms with van der Waals surface area (Å²) in [6, 6.07) is 11.0. The quantitative estimate of drug-likeness (QED) is 0.532. The number of halogens is 2. The molecule has 3 heterocycles. The van der Waals surface area contributed by atoms with Crippen molar-refractivity contribution < 1.29 is 0 Å². The van der Waals surface area contributed by atoms with E-state index < -0.39 is 0 Å². The minimum Gasteiger partial charge on any atom is -0.354 e. The van der Waals surface area contributed by atoms with Gasteiger partial charge in [-0.05, 0) is 76.8 Å². The third-order valence-corrected chi connectivity index (χ3v) is 7.08. The number of H-pyrrole nitrogens is 1. The van der Waals surface area contributed by atoms with Crippen molar-refractivity contribution in [2.75, 3.05) is 13.1 Å². The molecule has 2 aliphatic heterocycles. The predicted molar refractivity (Wildman–Crippen MR) is 116 cm³/mol. The highest BCUT2D eigenvalue weighted by Crippen LogP contribution is 2.40. The Morgan fingerprint density at radius 2 is 1.81 bits per heavy atom. The third-order valence-electron chi connectivity index (χ3n) is 5.90. The van der Waals surface area contributed by atoms with Gasteiger partial charge in [-0.15, -0.1) is 0 Å². The summed E-state index contributed by atoms with van der Waals surface area (Å²) in [5, 5.41) is 5.54. The second kappa shape index (κ2) is 7.25. The van der Waals surface area contributed by atoms with Gasteiger partial charge in [-0.25, -0.2) is 0 Å². The van der Waals surface area contributed by atoms with Crippen LogP contribution in [-0.2, 0) is 19.6 Å². The molecule has 2 N–H and O–H groups in total. The molecular formula is C22H23BrClN3. The first-order valence-corrected chi connectivity index (χ1v) is 10.9. The van der Waals surface area contributed by atoms with E-state index in [0.29, 0.717) is 0 Å². The molecule has 5 heteroatoms. The zero-order valence-corrected chi connectivity index (χ0v) is 17.6. The van der Waals surface area contributed by atoms with E-state index in [9.17, 15) is 0 Å². The average molecular weight is 445 g/mol. The van der Waals surface area contributed by atoms with Gasteiger partial charge in [0.25, 0.3) is 0 Å². The number of aromatic amines is 1. The Hall–Kier alpha value is -1.33. The molecule has 3 aromatic rings. The Morgan fingerprint density at radius 1 is 1.00 bits per heavy atom. The predicted octanol–water partition coefficient (Wildman–Crippen LogP) is 5.84. The zero-order valence-electron chi connectivity index (χ0n) is 15.2. The standard InChI is InChI=1S/C22H23BrClN3/c23-21-16-10-14(13-27-8-2-1-3-9-27)4-7-20(16)26-22(21)15-5-6-19(24)18-12-25-11-17(15)18/h4-7,10,25-26H,1-3,8-9,11-13H2. The average Bonchev–Trinajstić information content (AvgIpc) is 3.30. The second-order valence-corrected chi connectivity index (χ2v) is 8.89. The van der Waals surface area contributed by atoms with Crippen molar-refractivity contribution in [3.8, 4) is 11.3 Å². The van der Waals surface area contributed by atoms with Gasteiger partial charge < -0.3 is 10.3 Å². The number of aromatic nitrogens is 1. The lowest BCUT2D eigenvalue weighted by Crippen LogP contribution is -2.29. The molecule has 0 radical (unpaired) electrons. The van der Waals surface area contributed by atoms with Gasteiger partial charge in [0.15, 0.2) is 0 Å². The minimum absolute atomic E-state index is 0.847. The Labute approximate surface area is 173 Å².